The van der Waals surface area contributed by atoms with Gasteiger partial charge in [0.05, 0.1) is 11.2 Å². The third kappa shape index (κ3) is 2.73. The monoisotopic (exact) mass is 392 g/mol. The number of halogens is 4. The molecular formula is C18H12ClF3N4O. The van der Waals surface area contributed by atoms with Gasteiger partial charge in [0, 0.05) is 18.6 Å². The Morgan fingerprint density at radius 3 is 2.59 bits per heavy atom. The molecule has 0 saturated heterocycles. The summed E-state index contributed by atoms with van der Waals surface area (Å²) < 4.78 is 42.1. The second-order valence-electron chi connectivity index (χ2n) is 5.86. The summed E-state index contributed by atoms with van der Waals surface area (Å²) in [6, 6.07) is 11.6. The molecule has 138 valence electrons. The average Bonchev–Trinajstić information content (AvgIpc) is 3.08. The fraction of sp³-hybridized carbons (Fsp3) is 0.111. The lowest BCUT2D eigenvalue weighted by molar-refractivity contribution is -0.140. The van der Waals surface area contributed by atoms with Crippen molar-refractivity contribution >= 4 is 33.8 Å². The molecule has 1 aromatic carbocycles. The van der Waals surface area contributed by atoms with E-state index in [-0.39, 0.29) is 16.5 Å². The lowest BCUT2D eigenvalue weighted by Crippen LogP contribution is -2.21. The fourth-order valence-electron chi connectivity index (χ4n) is 3.03. The van der Waals surface area contributed by atoms with Crippen LogP contribution in [0.25, 0.3) is 22.4 Å². The number of hydrogen-bond donors (Lipinski definition) is 1. The number of para-hydroxylation sites is 1. The molecule has 3 aromatic heterocycles. The number of nitrogens with one attached hydrogen (secondary N) is 1. The molecule has 0 aliphatic rings. The standard InChI is InChI=1S/C18H12ClF3N4O/c1-23-12-6-7-15(25-9-14(18(20,21)22)24-16(12)25)26-13-5-3-2-4-10(13)8-11(19)17(26)27/h2-9,23H,1H3. The zero-order valence-corrected chi connectivity index (χ0v) is 14.6. The lowest BCUT2D eigenvalue weighted by atomic mass is 10.2. The highest BCUT2D eigenvalue weighted by molar-refractivity contribution is 6.31. The minimum Gasteiger partial charge on any atom is -0.385 e. The maximum absolute atomic E-state index is 13.2. The summed E-state index contributed by atoms with van der Waals surface area (Å²) in [5.74, 6) is 0.204. The molecule has 4 rings (SSSR count). The number of nitrogens with zero attached hydrogens (tertiary/aromatic N) is 3. The number of rotatable bonds is 2. The molecule has 5 nitrogen and oxygen atoms in total. The number of hydrogen-bond acceptors (Lipinski definition) is 3. The molecule has 0 saturated carbocycles. The van der Waals surface area contributed by atoms with Gasteiger partial charge < -0.3 is 5.32 Å². The first-order valence-corrected chi connectivity index (χ1v) is 8.27. The van der Waals surface area contributed by atoms with E-state index in [1.165, 1.54) is 15.0 Å². The summed E-state index contributed by atoms with van der Waals surface area (Å²) in [5.41, 5.74) is -0.610. The minimum atomic E-state index is -4.62. The van der Waals surface area contributed by atoms with E-state index in [0.717, 1.165) is 6.20 Å². The van der Waals surface area contributed by atoms with Gasteiger partial charge in [0.2, 0.25) is 0 Å². The van der Waals surface area contributed by atoms with E-state index < -0.39 is 17.4 Å². The number of benzene rings is 1. The molecular weight excluding hydrogens is 381 g/mol. The molecule has 9 heteroatoms. The van der Waals surface area contributed by atoms with Gasteiger partial charge in [-0.15, -0.1) is 0 Å². The number of anilines is 1. The summed E-state index contributed by atoms with van der Waals surface area (Å²) in [6.45, 7) is 0. The smallest absolute Gasteiger partial charge is 0.385 e. The fourth-order valence-corrected chi connectivity index (χ4v) is 3.23. The Balaban J connectivity index is 2.15. The molecule has 0 radical (unpaired) electrons. The summed E-state index contributed by atoms with van der Waals surface area (Å²) in [5, 5.41) is 3.47. The number of pyridine rings is 2. The first-order chi connectivity index (χ1) is 12.8. The first-order valence-electron chi connectivity index (χ1n) is 7.89. The van der Waals surface area contributed by atoms with E-state index in [0.29, 0.717) is 16.6 Å². The predicted octanol–water partition coefficient (Wildman–Crippen LogP) is 4.35. The Kier molecular flexibility index (Phi) is 3.88. The number of alkyl halides is 3. The Bertz CT molecular complexity index is 1240. The third-order valence-electron chi connectivity index (χ3n) is 4.25. The first kappa shape index (κ1) is 17.4. The Morgan fingerprint density at radius 1 is 1.15 bits per heavy atom. The molecule has 0 amide bonds. The number of imidazole rings is 1. The highest BCUT2D eigenvalue weighted by Gasteiger charge is 2.34. The van der Waals surface area contributed by atoms with Crippen LogP contribution < -0.4 is 10.9 Å². The largest absolute Gasteiger partial charge is 0.434 e. The van der Waals surface area contributed by atoms with E-state index >= 15 is 0 Å². The zero-order valence-electron chi connectivity index (χ0n) is 13.9. The number of aromatic nitrogens is 3. The maximum Gasteiger partial charge on any atom is 0.434 e. The Labute approximate surface area is 155 Å². The van der Waals surface area contributed by atoms with Crippen LogP contribution in [0.15, 0.2) is 53.5 Å². The second kappa shape index (κ2) is 6.02. The molecule has 3 heterocycles. The summed E-state index contributed by atoms with van der Waals surface area (Å²) in [4.78, 5) is 16.4. The van der Waals surface area contributed by atoms with Crippen molar-refractivity contribution < 1.29 is 13.2 Å². The molecule has 0 bridgehead atoms. The van der Waals surface area contributed by atoms with Crippen molar-refractivity contribution in [3.05, 3.63) is 69.7 Å². The van der Waals surface area contributed by atoms with Crippen molar-refractivity contribution in [1.82, 2.24) is 14.0 Å². The van der Waals surface area contributed by atoms with Crippen LogP contribution in [0.1, 0.15) is 5.69 Å². The van der Waals surface area contributed by atoms with Gasteiger partial charge in [0.1, 0.15) is 10.8 Å². The normalized spacial score (nSPS) is 12.0. The van der Waals surface area contributed by atoms with E-state index in [4.69, 9.17) is 11.6 Å². The van der Waals surface area contributed by atoms with Crippen LogP contribution in [0.4, 0.5) is 18.9 Å². The van der Waals surface area contributed by atoms with Crippen molar-refractivity contribution in [2.45, 2.75) is 6.18 Å². The van der Waals surface area contributed by atoms with Crippen molar-refractivity contribution in [1.29, 1.82) is 0 Å². The van der Waals surface area contributed by atoms with Gasteiger partial charge in [-0.25, -0.2) is 4.98 Å². The highest BCUT2D eigenvalue weighted by atomic mass is 35.5. The van der Waals surface area contributed by atoms with Crippen LogP contribution in [-0.2, 0) is 6.18 Å². The third-order valence-corrected chi connectivity index (χ3v) is 4.52. The predicted molar refractivity (Wildman–Crippen MR) is 97.9 cm³/mol. The molecule has 0 aliphatic carbocycles. The summed E-state index contributed by atoms with van der Waals surface area (Å²) >= 11 is 6.08. The van der Waals surface area contributed by atoms with Crippen LogP contribution in [0, 0.1) is 0 Å². The summed E-state index contributed by atoms with van der Waals surface area (Å²) in [7, 11) is 1.58. The molecule has 0 spiro atoms. The Morgan fingerprint density at radius 2 is 1.89 bits per heavy atom. The molecule has 0 aliphatic heterocycles. The van der Waals surface area contributed by atoms with Gasteiger partial charge in [-0.2, -0.15) is 13.2 Å². The van der Waals surface area contributed by atoms with Gasteiger partial charge in [-0.05, 0) is 24.3 Å². The van der Waals surface area contributed by atoms with E-state index in [9.17, 15) is 18.0 Å². The highest BCUT2D eigenvalue weighted by Crippen LogP contribution is 2.31. The van der Waals surface area contributed by atoms with E-state index in [2.05, 4.69) is 10.3 Å². The van der Waals surface area contributed by atoms with Crippen molar-refractivity contribution in [2.75, 3.05) is 12.4 Å². The summed E-state index contributed by atoms with van der Waals surface area (Å²) in [6.07, 6.45) is -3.75. The maximum atomic E-state index is 13.2. The van der Waals surface area contributed by atoms with Crippen LogP contribution in [0.5, 0.6) is 0 Å². The minimum absolute atomic E-state index is 0.0318. The van der Waals surface area contributed by atoms with Crippen molar-refractivity contribution in [3.8, 4) is 5.82 Å². The van der Waals surface area contributed by atoms with Gasteiger partial charge in [-0.1, -0.05) is 29.8 Å². The number of fused-ring (bicyclic) bond motifs is 2. The van der Waals surface area contributed by atoms with Crippen LogP contribution in [0.2, 0.25) is 5.02 Å². The van der Waals surface area contributed by atoms with E-state index in [1.807, 2.05) is 0 Å². The van der Waals surface area contributed by atoms with Gasteiger partial charge >= 0.3 is 6.18 Å². The second-order valence-corrected chi connectivity index (χ2v) is 6.27. The molecule has 27 heavy (non-hydrogen) atoms. The van der Waals surface area contributed by atoms with Crippen molar-refractivity contribution in [3.63, 3.8) is 0 Å². The lowest BCUT2D eigenvalue weighted by Gasteiger charge is -2.14. The molecule has 0 fully saturated rings. The SMILES string of the molecule is CNc1ccc(-n2c(=O)c(Cl)cc3ccccc32)n2cc(C(F)(F)F)nc12. The topological polar surface area (TPSA) is 51.3 Å². The van der Waals surface area contributed by atoms with Gasteiger partial charge in [0.15, 0.2) is 11.3 Å². The van der Waals surface area contributed by atoms with Gasteiger partial charge in [-0.3, -0.25) is 13.8 Å². The zero-order chi connectivity index (χ0) is 19.3. The molecule has 0 atom stereocenters. The molecule has 0 unspecified atom stereocenters. The van der Waals surface area contributed by atoms with Crippen LogP contribution in [-0.4, -0.2) is 21.0 Å². The average molecular weight is 393 g/mol. The van der Waals surface area contributed by atoms with Crippen LogP contribution in [0.3, 0.4) is 0 Å². The molecule has 4 aromatic rings. The van der Waals surface area contributed by atoms with Crippen molar-refractivity contribution in [2.24, 2.45) is 0 Å². The quantitative estimate of drug-likeness (QED) is 0.551. The van der Waals surface area contributed by atoms with E-state index in [1.54, 1.807) is 43.4 Å². The van der Waals surface area contributed by atoms with Gasteiger partial charge in [0.25, 0.3) is 5.56 Å². The molecule has 1 N–H and O–H groups in total. The van der Waals surface area contributed by atoms with Crippen LogP contribution >= 0.6 is 11.6 Å². The Hall–Kier alpha value is -3.00.